The van der Waals surface area contributed by atoms with Gasteiger partial charge in [-0.1, -0.05) is 39.1 Å². The molecule has 0 unspecified atom stereocenters. The van der Waals surface area contributed by atoms with Gasteiger partial charge in [0.25, 0.3) is 0 Å². The molecule has 18 heavy (non-hydrogen) atoms. The Morgan fingerprint density at radius 3 is 2.44 bits per heavy atom. The van der Waals surface area contributed by atoms with Crippen LogP contribution in [0.2, 0.25) is 10.0 Å². The minimum absolute atomic E-state index is 0.456. The summed E-state index contributed by atoms with van der Waals surface area (Å²) in [5, 5.41) is 0.915. The first kappa shape index (κ1) is 12.6. The Morgan fingerprint density at radius 2 is 1.67 bits per heavy atom. The summed E-state index contributed by atoms with van der Waals surface area (Å²) in [7, 11) is 0. The zero-order valence-corrected chi connectivity index (χ0v) is 13.3. The van der Waals surface area contributed by atoms with E-state index in [4.69, 9.17) is 32.7 Å². The normalized spacial score (nSPS) is 12.2. The quantitative estimate of drug-likeness (QED) is 0.426. The van der Waals surface area contributed by atoms with Crippen LogP contribution in [0.4, 0.5) is 0 Å². The van der Waals surface area contributed by atoms with Crippen molar-refractivity contribution in [2.24, 2.45) is 0 Å². The number of halogens is 4. The molecule has 0 atom stereocenters. The zero-order chi connectivity index (χ0) is 12.9. The van der Waals surface area contributed by atoms with Crippen LogP contribution in [0.3, 0.4) is 0 Å². The fourth-order valence-electron chi connectivity index (χ4n) is 1.62. The van der Waals surface area contributed by atoms with Gasteiger partial charge in [-0.15, -0.1) is 0 Å². The van der Waals surface area contributed by atoms with E-state index in [9.17, 15) is 0 Å². The number of hydrogen-bond acceptors (Lipinski definition) is 2. The summed E-state index contributed by atoms with van der Waals surface area (Å²) in [6, 6.07) is 7.11. The van der Waals surface area contributed by atoms with Crippen molar-refractivity contribution in [3.05, 3.63) is 43.3 Å². The van der Waals surface area contributed by atoms with Gasteiger partial charge in [-0.2, -0.15) is 0 Å². The maximum Gasteiger partial charge on any atom is 0.189 e. The predicted molar refractivity (Wildman–Crippen MR) is 78.5 cm³/mol. The predicted octanol–water partition coefficient (Wildman–Crippen LogP) is 6.42. The molecule has 0 aliphatic carbocycles. The molecule has 3 rings (SSSR count). The van der Waals surface area contributed by atoms with E-state index in [-0.39, 0.29) is 0 Å². The van der Waals surface area contributed by atoms with Crippen molar-refractivity contribution < 1.29 is 9.47 Å². The minimum atomic E-state index is 0.456. The highest BCUT2D eigenvalue weighted by Crippen LogP contribution is 2.53. The lowest BCUT2D eigenvalue weighted by Crippen LogP contribution is -2.00. The molecule has 6 heteroatoms. The van der Waals surface area contributed by atoms with Crippen LogP contribution < -0.4 is 9.47 Å². The van der Waals surface area contributed by atoms with Crippen LogP contribution in [-0.4, -0.2) is 0 Å². The third kappa shape index (κ3) is 2.01. The lowest BCUT2D eigenvalue weighted by molar-refractivity contribution is 0.359. The highest BCUT2D eigenvalue weighted by Gasteiger charge is 2.25. The maximum atomic E-state index is 6.16. The highest BCUT2D eigenvalue weighted by atomic mass is 79.9. The number of fused-ring (bicyclic) bond motifs is 2. The molecule has 0 radical (unpaired) electrons. The molecule has 0 saturated carbocycles. The largest absolute Gasteiger partial charge is 0.449 e. The van der Waals surface area contributed by atoms with E-state index in [0.29, 0.717) is 33.0 Å². The molecule has 2 nitrogen and oxygen atoms in total. The van der Waals surface area contributed by atoms with Gasteiger partial charge in [0.05, 0.1) is 5.02 Å². The Labute approximate surface area is 130 Å². The smallest absolute Gasteiger partial charge is 0.189 e. The first-order chi connectivity index (χ1) is 8.56. The van der Waals surface area contributed by atoms with Gasteiger partial charge in [0.15, 0.2) is 23.0 Å². The third-order valence-corrected chi connectivity index (χ3v) is 4.42. The number of rotatable bonds is 0. The Kier molecular flexibility index (Phi) is 3.22. The van der Waals surface area contributed by atoms with Crippen molar-refractivity contribution in [1.29, 1.82) is 0 Å². The molecule has 1 aliphatic rings. The molecule has 2 aromatic carbocycles. The van der Waals surface area contributed by atoms with Gasteiger partial charge in [0, 0.05) is 8.95 Å². The maximum absolute atomic E-state index is 6.16. The summed E-state index contributed by atoms with van der Waals surface area (Å²) in [6.45, 7) is 0. The van der Waals surface area contributed by atoms with Gasteiger partial charge >= 0.3 is 0 Å². The minimum Gasteiger partial charge on any atom is -0.449 e. The number of hydrogen-bond donors (Lipinski definition) is 0. The van der Waals surface area contributed by atoms with Crippen molar-refractivity contribution in [2.75, 3.05) is 0 Å². The van der Waals surface area contributed by atoms with Gasteiger partial charge in [-0.25, -0.2) is 0 Å². The summed E-state index contributed by atoms with van der Waals surface area (Å²) in [4.78, 5) is 0. The van der Waals surface area contributed by atoms with Crippen LogP contribution in [-0.2, 0) is 0 Å². The molecule has 1 aliphatic heterocycles. The Hall–Kier alpha value is -0.420. The van der Waals surface area contributed by atoms with E-state index >= 15 is 0 Å². The summed E-state index contributed by atoms with van der Waals surface area (Å²) in [6.07, 6.45) is 0. The Balaban J connectivity index is 2.18. The molecule has 0 bridgehead atoms. The van der Waals surface area contributed by atoms with E-state index in [2.05, 4.69) is 31.9 Å². The third-order valence-electron chi connectivity index (χ3n) is 2.41. The van der Waals surface area contributed by atoms with Crippen LogP contribution >= 0.6 is 55.1 Å². The summed E-state index contributed by atoms with van der Waals surface area (Å²) in [5.41, 5.74) is 0. The molecule has 92 valence electrons. The average molecular weight is 411 g/mol. The van der Waals surface area contributed by atoms with Crippen LogP contribution in [0.5, 0.6) is 23.0 Å². The molecule has 2 aromatic rings. The molecule has 0 fully saturated rings. The first-order valence-corrected chi connectivity index (χ1v) is 7.23. The van der Waals surface area contributed by atoms with Crippen molar-refractivity contribution >= 4 is 55.1 Å². The number of ether oxygens (including phenoxy) is 2. The van der Waals surface area contributed by atoms with E-state index in [1.807, 2.05) is 0 Å². The molecule has 1 heterocycles. The second-order valence-electron chi connectivity index (χ2n) is 3.61. The van der Waals surface area contributed by atoms with E-state index in [1.165, 1.54) is 0 Å². The summed E-state index contributed by atoms with van der Waals surface area (Å²) < 4.78 is 13.0. The van der Waals surface area contributed by atoms with E-state index in [0.717, 1.165) is 8.95 Å². The molecule has 0 saturated heterocycles. The topological polar surface area (TPSA) is 18.5 Å². The van der Waals surface area contributed by atoms with Crippen molar-refractivity contribution in [3.63, 3.8) is 0 Å². The fraction of sp³-hybridized carbons (Fsp3) is 0. The van der Waals surface area contributed by atoms with Crippen LogP contribution in [0.25, 0.3) is 0 Å². The van der Waals surface area contributed by atoms with Gasteiger partial charge in [-0.3, -0.25) is 0 Å². The first-order valence-electron chi connectivity index (χ1n) is 4.89. The summed E-state index contributed by atoms with van der Waals surface area (Å²) >= 11 is 19.0. The SMILES string of the molecule is Clc1cc(Br)cc2c1Oc1c(ccc(Br)c1Cl)O2. The fourth-order valence-corrected chi connectivity index (χ4v) is 2.95. The zero-order valence-electron chi connectivity index (χ0n) is 8.64. The number of benzene rings is 2. The highest BCUT2D eigenvalue weighted by molar-refractivity contribution is 9.10. The van der Waals surface area contributed by atoms with Crippen LogP contribution in [0.1, 0.15) is 0 Å². The standard InChI is InChI=1S/C12H4Br2Cl2O2/c13-5-3-7(15)11-9(4-5)17-8-2-1-6(14)10(16)12(8)18-11/h1-4H. The van der Waals surface area contributed by atoms with Gasteiger partial charge < -0.3 is 9.47 Å². The van der Waals surface area contributed by atoms with Gasteiger partial charge in [0.1, 0.15) is 5.02 Å². The van der Waals surface area contributed by atoms with Crippen LogP contribution in [0.15, 0.2) is 33.2 Å². The molecular weight excluding hydrogens is 407 g/mol. The second-order valence-corrected chi connectivity index (χ2v) is 6.16. The lowest BCUT2D eigenvalue weighted by atomic mass is 10.2. The van der Waals surface area contributed by atoms with Gasteiger partial charge in [-0.05, 0) is 40.2 Å². The van der Waals surface area contributed by atoms with Crippen molar-refractivity contribution in [2.45, 2.75) is 0 Å². The van der Waals surface area contributed by atoms with E-state index in [1.54, 1.807) is 24.3 Å². The molecule has 0 spiro atoms. The Bertz CT molecular complexity index is 659. The van der Waals surface area contributed by atoms with Crippen molar-refractivity contribution in [1.82, 2.24) is 0 Å². The van der Waals surface area contributed by atoms with Crippen molar-refractivity contribution in [3.8, 4) is 23.0 Å². The van der Waals surface area contributed by atoms with E-state index < -0.39 is 0 Å². The molecule has 0 aromatic heterocycles. The lowest BCUT2D eigenvalue weighted by Gasteiger charge is -2.22. The Morgan fingerprint density at radius 1 is 0.889 bits per heavy atom. The van der Waals surface area contributed by atoms with Crippen LogP contribution in [0, 0.1) is 0 Å². The monoisotopic (exact) mass is 408 g/mol. The second kappa shape index (κ2) is 4.60. The molecular formula is C12H4Br2Cl2O2. The van der Waals surface area contributed by atoms with Gasteiger partial charge in [0.2, 0.25) is 0 Å². The summed E-state index contributed by atoms with van der Waals surface area (Å²) in [5.74, 6) is 2.04. The molecule has 0 amide bonds. The molecule has 0 N–H and O–H groups in total. The average Bonchev–Trinajstić information content (AvgIpc) is 2.32.